The van der Waals surface area contributed by atoms with Crippen molar-refractivity contribution in [2.24, 2.45) is 0 Å². The molecule has 0 amide bonds. The van der Waals surface area contributed by atoms with Crippen LogP contribution >= 0.6 is 11.8 Å². The van der Waals surface area contributed by atoms with E-state index >= 15 is 0 Å². The maximum absolute atomic E-state index is 10.8. The zero-order valence-corrected chi connectivity index (χ0v) is 11.6. The van der Waals surface area contributed by atoms with E-state index in [9.17, 15) is 15.0 Å². The van der Waals surface area contributed by atoms with Gasteiger partial charge in [0.2, 0.25) is 0 Å². The van der Waals surface area contributed by atoms with E-state index in [1.807, 2.05) is 37.2 Å². The molecule has 0 bridgehead atoms. The van der Waals surface area contributed by atoms with Crippen LogP contribution < -0.4 is 4.90 Å². The van der Waals surface area contributed by atoms with Gasteiger partial charge >= 0.3 is 0 Å². The van der Waals surface area contributed by atoms with E-state index in [-0.39, 0.29) is 10.9 Å². The fourth-order valence-electron chi connectivity index (χ4n) is 1.65. The van der Waals surface area contributed by atoms with Gasteiger partial charge in [0.25, 0.3) is 0 Å². The number of aliphatic hydroxyl groups excluding tert-OH is 2. The first kappa shape index (κ1) is 15.0. The maximum atomic E-state index is 10.8. The fraction of sp³-hybridized carbons (Fsp3) is 0.462. The molecule has 0 saturated heterocycles. The average Bonchev–Trinajstić information content (AvgIpc) is 2.34. The van der Waals surface area contributed by atoms with Crippen molar-refractivity contribution in [2.45, 2.75) is 19.1 Å². The molecular formula is C13H19NO3S. The van der Waals surface area contributed by atoms with E-state index in [2.05, 4.69) is 0 Å². The largest absolute Gasteiger partial charge is 0.389 e. The first-order chi connectivity index (χ1) is 8.43. The van der Waals surface area contributed by atoms with Crippen LogP contribution in [0.25, 0.3) is 0 Å². The number of aliphatic hydroxyl groups is 2. The summed E-state index contributed by atoms with van der Waals surface area (Å²) in [5.74, 6) is 0.193. The van der Waals surface area contributed by atoms with Crippen LogP contribution in [0, 0.1) is 0 Å². The van der Waals surface area contributed by atoms with Gasteiger partial charge in [-0.25, -0.2) is 0 Å². The van der Waals surface area contributed by atoms with Crippen LogP contribution in [0.2, 0.25) is 0 Å². The van der Waals surface area contributed by atoms with Crippen molar-refractivity contribution in [1.82, 2.24) is 0 Å². The second kappa shape index (κ2) is 6.78. The molecule has 0 aliphatic heterocycles. The standard InChI is InChI=1S/C13H19NO3S/c1-9(15)18-8-12(16)13(17)10-6-4-5-7-11(10)14(2)3/h4-7,12-13,16-17H,8H2,1-3H3. The predicted octanol–water partition coefficient (Wildman–Crippen LogP) is 1.43. The Labute approximate surface area is 112 Å². The summed E-state index contributed by atoms with van der Waals surface area (Å²) in [5.41, 5.74) is 1.52. The number of para-hydroxylation sites is 1. The lowest BCUT2D eigenvalue weighted by molar-refractivity contribution is -0.109. The molecule has 100 valence electrons. The van der Waals surface area contributed by atoms with Gasteiger partial charge < -0.3 is 15.1 Å². The van der Waals surface area contributed by atoms with Crippen molar-refractivity contribution < 1.29 is 15.0 Å². The Morgan fingerprint density at radius 1 is 1.33 bits per heavy atom. The number of hydrogen-bond acceptors (Lipinski definition) is 5. The maximum Gasteiger partial charge on any atom is 0.185 e. The molecule has 5 heteroatoms. The molecule has 0 fully saturated rings. The summed E-state index contributed by atoms with van der Waals surface area (Å²) in [6, 6.07) is 7.35. The van der Waals surface area contributed by atoms with Gasteiger partial charge in [-0.1, -0.05) is 30.0 Å². The number of carbonyl (C=O) groups is 1. The van der Waals surface area contributed by atoms with Gasteiger partial charge in [-0.15, -0.1) is 0 Å². The molecule has 1 aromatic carbocycles. The van der Waals surface area contributed by atoms with Crippen LogP contribution in [-0.4, -0.2) is 41.3 Å². The highest BCUT2D eigenvalue weighted by Crippen LogP contribution is 2.28. The number of anilines is 1. The molecule has 0 aliphatic carbocycles. The fourth-order valence-corrected chi connectivity index (χ4v) is 2.23. The van der Waals surface area contributed by atoms with Gasteiger partial charge in [0.1, 0.15) is 6.10 Å². The number of thioether (sulfide) groups is 1. The Balaban J connectivity index is 2.82. The SMILES string of the molecule is CC(=O)SCC(O)C(O)c1ccccc1N(C)C. The van der Waals surface area contributed by atoms with Crippen LogP contribution in [0.1, 0.15) is 18.6 Å². The van der Waals surface area contributed by atoms with Crippen LogP contribution in [0.4, 0.5) is 5.69 Å². The van der Waals surface area contributed by atoms with Gasteiger partial charge in [-0.2, -0.15) is 0 Å². The van der Waals surface area contributed by atoms with Crippen molar-refractivity contribution in [1.29, 1.82) is 0 Å². The molecule has 0 aliphatic rings. The molecule has 0 spiro atoms. The molecule has 1 aromatic rings. The Morgan fingerprint density at radius 2 is 1.94 bits per heavy atom. The van der Waals surface area contributed by atoms with Gasteiger partial charge in [0, 0.05) is 38.0 Å². The van der Waals surface area contributed by atoms with Crippen molar-refractivity contribution in [3.05, 3.63) is 29.8 Å². The first-order valence-electron chi connectivity index (χ1n) is 5.69. The number of rotatable bonds is 5. The summed E-state index contributed by atoms with van der Waals surface area (Å²) in [6.07, 6.45) is -1.95. The zero-order chi connectivity index (χ0) is 13.7. The van der Waals surface area contributed by atoms with Crippen LogP contribution in [-0.2, 0) is 4.79 Å². The minimum absolute atomic E-state index is 0.0675. The average molecular weight is 269 g/mol. The number of carbonyl (C=O) groups excluding carboxylic acids is 1. The van der Waals surface area contributed by atoms with Crippen molar-refractivity contribution >= 4 is 22.6 Å². The lowest BCUT2D eigenvalue weighted by Crippen LogP contribution is -2.23. The van der Waals surface area contributed by atoms with E-state index in [0.717, 1.165) is 17.4 Å². The minimum atomic E-state index is -0.990. The Hall–Kier alpha value is -1.04. The first-order valence-corrected chi connectivity index (χ1v) is 6.67. The highest BCUT2D eigenvalue weighted by atomic mass is 32.2. The van der Waals surface area contributed by atoms with E-state index < -0.39 is 12.2 Å². The monoisotopic (exact) mass is 269 g/mol. The molecule has 0 saturated carbocycles. The Morgan fingerprint density at radius 3 is 2.50 bits per heavy atom. The third kappa shape index (κ3) is 4.01. The van der Waals surface area contributed by atoms with Crippen molar-refractivity contribution in [2.75, 3.05) is 24.7 Å². The second-order valence-electron chi connectivity index (χ2n) is 4.27. The smallest absolute Gasteiger partial charge is 0.185 e. The van der Waals surface area contributed by atoms with Gasteiger partial charge in [-0.05, 0) is 6.07 Å². The summed E-state index contributed by atoms with van der Waals surface area (Å²) in [4.78, 5) is 12.7. The molecule has 18 heavy (non-hydrogen) atoms. The molecule has 1 rings (SSSR count). The van der Waals surface area contributed by atoms with E-state index in [1.165, 1.54) is 6.92 Å². The summed E-state index contributed by atoms with van der Waals surface area (Å²) >= 11 is 1.01. The molecule has 4 nitrogen and oxygen atoms in total. The number of nitrogens with zero attached hydrogens (tertiary/aromatic N) is 1. The predicted molar refractivity (Wildman–Crippen MR) is 74.9 cm³/mol. The van der Waals surface area contributed by atoms with Crippen LogP contribution in [0.5, 0.6) is 0 Å². The lowest BCUT2D eigenvalue weighted by atomic mass is 10.0. The molecule has 0 heterocycles. The number of hydrogen-bond donors (Lipinski definition) is 2. The molecular weight excluding hydrogens is 250 g/mol. The van der Waals surface area contributed by atoms with Crippen LogP contribution in [0.15, 0.2) is 24.3 Å². The molecule has 0 aromatic heterocycles. The Kier molecular flexibility index (Phi) is 5.65. The summed E-state index contributed by atoms with van der Waals surface area (Å²) in [5, 5.41) is 19.9. The van der Waals surface area contributed by atoms with E-state index in [0.29, 0.717) is 5.56 Å². The van der Waals surface area contributed by atoms with E-state index in [1.54, 1.807) is 6.07 Å². The highest BCUT2D eigenvalue weighted by Gasteiger charge is 2.22. The van der Waals surface area contributed by atoms with Crippen LogP contribution in [0.3, 0.4) is 0 Å². The summed E-state index contributed by atoms with van der Waals surface area (Å²) in [7, 11) is 3.75. The number of benzene rings is 1. The topological polar surface area (TPSA) is 60.8 Å². The van der Waals surface area contributed by atoms with Crippen molar-refractivity contribution in [3.8, 4) is 0 Å². The molecule has 2 unspecified atom stereocenters. The summed E-state index contributed by atoms with van der Waals surface area (Å²) in [6.45, 7) is 1.44. The normalized spacial score (nSPS) is 14.1. The van der Waals surface area contributed by atoms with E-state index in [4.69, 9.17) is 0 Å². The quantitative estimate of drug-likeness (QED) is 0.846. The highest BCUT2D eigenvalue weighted by molar-refractivity contribution is 8.13. The molecule has 2 atom stereocenters. The Bertz CT molecular complexity index is 409. The lowest BCUT2D eigenvalue weighted by Gasteiger charge is -2.23. The third-order valence-electron chi connectivity index (χ3n) is 2.56. The van der Waals surface area contributed by atoms with Gasteiger partial charge in [0.15, 0.2) is 5.12 Å². The third-order valence-corrected chi connectivity index (χ3v) is 3.47. The van der Waals surface area contributed by atoms with Crippen molar-refractivity contribution in [3.63, 3.8) is 0 Å². The summed E-state index contributed by atoms with van der Waals surface area (Å²) < 4.78 is 0. The second-order valence-corrected chi connectivity index (χ2v) is 5.46. The zero-order valence-electron chi connectivity index (χ0n) is 10.8. The molecule has 2 N–H and O–H groups in total. The van der Waals surface area contributed by atoms with Gasteiger partial charge in [-0.3, -0.25) is 4.79 Å². The minimum Gasteiger partial charge on any atom is -0.389 e. The molecule has 0 radical (unpaired) electrons. The van der Waals surface area contributed by atoms with Gasteiger partial charge in [0.05, 0.1) is 6.10 Å².